The van der Waals surface area contributed by atoms with Gasteiger partial charge in [0.2, 0.25) is 0 Å². The van der Waals surface area contributed by atoms with Gasteiger partial charge in [-0.25, -0.2) is 0 Å². The van der Waals surface area contributed by atoms with Crippen molar-refractivity contribution in [1.82, 2.24) is 0 Å². The fourth-order valence-corrected chi connectivity index (χ4v) is 2.12. The minimum atomic E-state index is 0.0514. The molecule has 1 aliphatic rings. The Balaban J connectivity index is 2.25. The Hall–Kier alpha value is -1.69. The van der Waals surface area contributed by atoms with Crippen LogP contribution in [0.25, 0.3) is 0 Å². The van der Waals surface area contributed by atoms with Crippen LogP contribution in [0.3, 0.4) is 0 Å². The monoisotopic (exact) mass is 201 g/mol. The van der Waals surface area contributed by atoms with Crippen LogP contribution in [0.15, 0.2) is 18.2 Å². The molecule has 0 bridgehead atoms. The van der Waals surface area contributed by atoms with Gasteiger partial charge >= 0.3 is 0 Å². The van der Waals surface area contributed by atoms with E-state index in [2.05, 4.69) is 17.0 Å². The zero-order valence-electron chi connectivity index (χ0n) is 8.90. The smallest absolute Gasteiger partial charge is 0.0671 e. The van der Waals surface area contributed by atoms with Gasteiger partial charge in [-0.15, -0.1) is 0 Å². The van der Waals surface area contributed by atoms with Gasteiger partial charge in [-0.2, -0.15) is 5.26 Å². The van der Waals surface area contributed by atoms with Crippen molar-refractivity contribution >= 4 is 11.4 Å². The van der Waals surface area contributed by atoms with Crippen molar-refractivity contribution in [2.24, 2.45) is 5.92 Å². The van der Waals surface area contributed by atoms with Crippen LogP contribution < -0.4 is 10.6 Å². The van der Waals surface area contributed by atoms with Crippen molar-refractivity contribution in [2.75, 3.05) is 23.7 Å². The zero-order chi connectivity index (χ0) is 10.8. The van der Waals surface area contributed by atoms with Gasteiger partial charge in [0, 0.05) is 13.1 Å². The van der Waals surface area contributed by atoms with Crippen LogP contribution in [0.5, 0.6) is 0 Å². The first kappa shape index (κ1) is 9.85. The van der Waals surface area contributed by atoms with Crippen LogP contribution in [0, 0.1) is 17.2 Å². The molecular formula is C12H15N3. The lowest BCUT2D eigenvalue weighted by molar-refractivity contribution is 0.691. The predicted molar refractivity (Wildman–Crippen MR) is 61.5 cm³/mol. The highest BCUT2D eigenvalue weighted by molar-refractivity contribution is 5.74. The average molecular weight is 201 g/mol. The maximum atomic E-state index is 8.80. The van der Waals surface area contributed by atoms with E-state index in [1.54, 1.807) is 0 Å². The Morgan fingerprint density at radius 1 is 1.60 bits per heavy atom. The second kappa shape index (κ2) is 3.82. The molecule has 1 heterocycles. The van der Waals surface area contributed by atoms with Crippen LogP contribution in [0.2, 0.25) is 0 Å². The summed E-state index contributed by atoms with van der Waals surface area (Å²) in [6.45, 7) is 3.70. The van der Waals surface area contributed by atoms with E-state index in [1.165, 1.54) is 5.56 Å². The number of rotatable bonds is 2. The Morgan fingerprint density at radius 3 is 3.13 bits per heavy atom. The van der Waals surface area contributed by atoms with Gasteiger partial charge in [-0.1, -0.05) is 12.1 Å². The van der Waals surface area contributed by atoms with Gasteiger partial charge in [0.25, 0.3) is 0 Å². The molecule has 0 aromatic heterocycles. The summed E-state index contributed by atoms with van der Waals surface area (Å²) in [5, 5.41) is 8.80. The Morgan fingerprint density at radius 2 is 2.40 bits per heavy atom. The molecule has 2 rings (SSSR count). The van der Waals surface area contributed by atoms with Crippen LogP contribution in [-0.4, -0.2) is 13.1 Å². The maximum absolute atomic E-state index is 8.80. The minimum absolute atomic E-state index is 0.0514. The van der Waals surface area contributed by atoms with E-state index in [-0.39, 0.29) is 5.92 Å². The largest absolute Gasteiger partial charge is 0.397 e. The topological polar surface area (TPSA) is 53.0 Å². The van der Waals surface area contributed by atoms with Crippen molar-refractivity contribution in [2.45, 2.75) is 13.3 Å². The minimum Gasteiger partial charge on any atom is -0.397 e. The van der Waals surface area contributed by atoms with E-state index < -0.39 is 0 Å². The van der Waals surface area contributed by atoms with Gasteiger partial charge in [-0.3, -0.25) is 0 Å². The van der Waals surface area contributed by atoms with E-state index >= 15 is 0 Å². The van der Waals surface area contributed by atoms with Crippen molar-refractivity contribution < 1.29 is 0 Å². The number of nitrogens with zero attached hydrogens (tertiary/aromatic N) is 2. The predicted octanol–water partition coefficient (Wildman–Crippen LogP) is 1.79. The van der Waals surface area contributed by atoms with Crippen LogP contribution in [0.4, 0.5) is 11.4 Å². The van der Waals surface area contributed by atoms with E-state index in [0.29, 0.717) is 0 Å². The molecular weight excluding hydrogens is 186 g/mol. The van der Waals surface area contributed by atoms with Gasteiger partial charge in [0.15, 0.2) is 0 Å². The lowest BCUT2D eigenvalue weighted by Gasteiger charge is -2.21. The van der Waals surface area contributed by atoms with Gasteiger partial charge in [-0.05, 0) is 25.0 Å². The number of benzene rings is 1. The molecule has 15 heavy (non-hydrogen) atoms. The molecule has 0 saturated heterocycles. The molecule has 0 fully saturated rings. The highest BCUT2D eigenvalue weighted by atomic mass is 15.2. The summed E-state index contributed by atoms with van der Waals surface area (Å²) in [4.78, 5) is 2.22. The number of nitriles is 1. The van der Waals surface area contributed by atoms with Gasteiger partial charge in [0.1, 0.15) is 0 Å². The number of hydrogen-bond donors (Lipinski definition) is 1. The number of fused-ring (bicyclic) bond motifs is 1. The first-order chi connectivity index (χ1) is 7.22. The Bertz CT molecular complexity index is 406. The first-order valence-electron chi connectivity index (χ1n) is 5.24. The number of anilines is 2. The molecule has 0 spiro atoms. The van der Waals surface area contributed by atoms with E-state index in [0.717, 1.165) is 30.9 Å². The molecule has 3 nitrogen and oxygen atoms in total. The quantitative estimate of drug-likeness (QED) is 0.742. The molecule has 3 heteroatoms. The number of para-hydroxylation sites is 1. The summed E-state index contributed by atoms with van der Waals surface area (Å²) in [6, 6.07) is 8.29. The number of nitrogen functional groups attached to an aromatic ring is 1. The van der Waals surface area contributed by atoms with Crippen molar-refractivity contribution in [1.29, 1.82) is 5.26 Å². The summed E-state index contributed by atoms with van der Waals surface area (Å²) in [5.41, 5.74) is 9.23. The lowest BCUT2D eigenvalue weighted by Crippen LogP contribution is -2.26. The van der Waals surface area contributed by atoms with E-state index in [4.69, 9.17) is 11.0 Å². The molecule has 1 aliphatic heterocycles. The van der Waals surface area contributed by atoms with Crippen molar-refractivity contribution in [3.63, 3.8) is 0 Å². The highest BCUT2D eigenvalue weighted by Gasteiger charge is 2.22. The SMILES string of the molecule is CC(C#N)CN1CCc2cccc(N)c21. The van der Waals surface area contributed by atoms with E-state index in [9.17, 15) is 0 Å². The molecule has 1 atom stereocenters. The molecule has 1 unspecified atom stereocenters. The Labute approximate surface area is 90.1 Å². The molecule has 2 N–H and O–H groups in total. The summed E-state index contributed by atoms with van der Waals surface area (Å²) in [5.74, 6) is 0.0514. The summed E-state index contributed by atoms with van der Waals surface area (Å²) in [6.07, 6.45) is 1.04. The molecule has 1 aromatic carbocycles. The molecule has 0 amide bonds. The summed E-state index contributed by atoms with van der Waals surface area (Å²) in [7, 11) is 0. The molecule has 1 aromatic rings. The van der Waals surface area contributed by atoms with Gasteiger partial charge in [0.05, 0.1) is 23.4 Å². The Kier molecular flexibility index (Phi) is 2.51. The maximum Gasteiger partial charge on any atom is 0.0671 e. The van der Waals surface area contributed by atoms with Crippen molar-refractivity contribution in [3.8, 4) is 6.07 Å². The molecule has 78 valence electrons. The van der Waals surface area contributed by atoms with Crippen LogP contribution in [-0.2, 0) is 6.42 Å². The first-order valence-corrected chi connectivity index (χ1v) is 5.24. The van der Waals surface area contributed by atoms with E-state index in [1.807, 2.05) is 19.1 Å². The van der Waals surface area contributed by atoms with Gasteiger partial charge < -0.3 is 10.6 Å². The fourth-order valence-electron chi connectivity index (χ4n) is 2.12. The van der Waals surface area contributed by atoms with Crippen LogP contribution >= 0.6 is 0 Å². The molecule has 0 saturated carbocycles. The normalized spacial score (nSPS) is 15.9. The molecule has 0 aliphatic carbocycles. The second-order valence-electron chi connectivity index (χ2n) is 4.08. The third kappa shape index (κ3) is 1.75. The summed E-state index contributed by atoms with van der Waals surface area (Å²) >= 11 is 0. The third-order valence-electron chi connectivity index (χ3n) is 2.83. The second-order valence-corrected chi connectivity index (χ2v) is 4.08. The third-order valence-corrected chi connectivity index (χ3v) is 2.83. The standard InChI is InChI=1S/C12H15N3/c1-9(7-13)8-15-6-5-10-3-2-4-11(14)12(10)15/h2-4,9H,5-6,8,14H2,1H3. The van der Waals surface area contributed by atoms with Crippen LogP contribution in [0.1, 0.15) is 12.5 Å². The number of hydrogen-bond acceptors (Lipinski definition) is 3. The fraction of sp³-hybridized carbons (Fsp3) is 0.417. The van der Waals surface area contributed by atoms with Crippen molar-refractivity contribution in [3.05, 3.63) is 23.8 Å². The lowest BCUT2D eigenvalue weighted by atomic mass is 10.1. The zero-order valence-corrected chi connectivity index (χ0v) is 8.90. The summed E-state index contributed by atoms with van der Waals surface area (Å²) < 4.78 is 0. The highest BCUT2D eigenvalue weighted by Crippen LogP contribution is 2.33. The number of nitrogens with two attached hydrogens (primary N) is 1. The average Bonchev–Trinajstić information content (AvgIpc) is 2.63. The molecule has 0 radical (unpaired) electrons.